The third-order valence-electron chi connectivity index (χ3n) is 3.49. The molecule has 17 heavy (non-hydrogen) atoms. The van der Waals surface area contributed by atoms with E-state index in [1.807, 2.05) is 18.2 Å². The Hall–Kier alpha value is -1.01. The second-order valence-electron chi connectivity index (χ2n) is 4.97. The van der Waals surface area contributed by atoms with Gasteiger partial charge >= 0.3 is 0 Å². The summed E-state index contributed by atoms with van der Waals surface area (Å²) in [5, 5.41) is 12.5. The molecular formula is C14H17BrN2. The van der Waals surface area contributed by atoms with Crippen molar-refractivity contribution in [2.24, 2.45) is 11.8 Å². The van der Waals surface area contributed by atoms with E-state index in [2.05, 4.69) is 34.2 Å². The van der Waals surface area contributed by atoms with E-state index < -0.39 is 0 Å². The fraction of sp³-hybridized carbons (Fsp3) is 0.500. The Bertz CT molecular complexity index is 436. The minimum Gasteiger partial charge on any atom is -0.384 e. The van der Waals surface area contributed by atoms with Gasteiger partial charge in [0.2, 0.25) is 0 Å². The Labute approximate surface area is 111 Å². The largest absolute Gasteiger partial charge is 0.384 e. The van der Waals surface area contributed by atoms with Crippen LogP contribution in [0.1, 0.15) is 31.7 Å². The summed E-state index contributed by atoms with van der Waals surface area (Å²) in [6.45, 7) is 3.30. The van der Waals surface area contributed by atoms with Gasteiger partial charge in [-0.1, -0.05) is 29.3 Å². The number of hydrogen-bond acceptors (Lipinski definition) is 2. The van der Waals surface area contributed by atoms with E-state index >= 15 is 0 Å². The number of benzene rings is 1. The van der Waals surface area contributed by atoms with Crippen molar-refractivity contribution in [3.8, 4) is 6.07 Å². The van der Waals surface area contributed by atoms with Gasteiger partial charge in [0.1, 0.15) is 6.07 Å². The van der Waals surface area contributed by atoms with E-state index in [9.17, 15) is 0 Å². The van der Waals surface area contributed by atoms with Gasteiger partial charge in [0.05, 0.1) is 11.3 Å². The van der Waals surface area contributed by atoms with Gasteiger partial charge in [-0.3, -0.25) is 0 Å². The van der Waals surface area contributed by atoms with E-state index in [4.69, 9.17) is 5.26 Å². The number of anilines is 1. The summed E-state index contributed by atoms with van der Waals surface area (Å²) in [6, 6.07) is 7.96. The van der Waals surface area contributed by atoms with Crippen LogP contribution in [-0.4, -0.2) is 6.54 Å². The average molecular weight is 293 g/mol. The second kappa shape index (κ2) is 5.55. The van der Waals surface area contributed by atoms with Crippen LogP contribution < -0.4 is 5.32 Å². The summed E-state index contributed by atoms with van der Waals surface area (Å²) in [5.41, 5.74) is 1.67. The Morgan fingerprint density at radius 3 is 2.94 bits per heavy atom. The fourth-order valence-corrected chi connectivity index (χ4v) is 2.89. The summed E-state index contributed by atoms with van der Waals surface area (Å²) < 4.78 is 1.01. The molecule has 0 saturated heterocycles. The first-order valence-corrected chi connectivity index (χ1v) is 6.92. The maximum absolute atomic E-state index is 9.04. The molecule has 0 aliphatic heterocycles. The molecule has 1 N–H and O–H groups in total. The topological polar surface area (TPSA) is 35.8 Å². The van der Waals surface area contributed by atoms with Crippen molar-refractivity contribution in [3.05, 3.63) is 28.2 Å². The monoisotopic (exact) mass is 292 g/mol. The zero-order valence-corrected chi connectivity index (χ0v) is 11.6. The van der Waals surface area contributed by atoms with Crippen molar-refractivity contribution in [2.45, 2.75) is 26.2 Å². The van der Waals surface area contributed by atoms with Gasteiger partial charge < -0.3 is 5.32 Å². The molecule has 3 heteroatoms. The predicted octanol–water partition coefficient (Wildman–Crippen LogP) is 4.17. The number of nitrogens with one attached hydrogen (secondary N) is 1. The highest BCUT2D eigenvalue weighted by molar-refractivity contribution is 9.10. The molecule has 2 rings (SSSR count). The number of nitriles is 1. The second-order valence-corrected chi connectivity index (χ2v) is 5.88. The normalized spacial score (nSPS) is 23.4. The zero-order chi connectivity index (χ0) is 12.3. The molecule has 90 valence electrons. The smallest absolute Gasteiger partial charge is 0.101 e. The van der Waals surface area contributed by atoms with Crippen LogP contribution in [0.3, 0.4) is 0 Å². The van der Waals surface area contributed by atoms with Crippen molar-refractivity contribution < 1.29 is 0 Å². The first-order chi connectivity index (χ1) is 8.19. The van der Waals surface area contributed by atoms with E-state index in [1.165, 1.54) is 19.3 Å². The molecule has 1 fully saturated rings. The van der Waals surface area contributed by atoms with E-state index in [0.717, 1.165) is 34.1 Å². The molecule has 1 aromatic carbocycles. The minimum absolute atomic E-state index is 0.722. The highest BCUT2D eigenvalue weighted by Gasteiger charge is 2.21. The van der Waals surface area contributed by atoms with Gasteiger partial charge in [-0.25, -0.2) is 0 Å². The number of hydrogen-bond donors (Lipinski definition) is 1. The van der Waals surface area contributed by atoms with Crippen LogP contribution in [-0.2, 0) is 0 Å². The number of halogens is 1. The van der Waals surface area contributed by atoms with Crippen LogP contribution in [0.4, 0.5) is 5.69 Å². The Morgan fingerprint density at radius 2 is 2.29 bits per heavy atom. The molecule has 1 aliphatic carbocycles. The lowest BCUT2D eigenvalue weighted by Gasteiger charge is -2.13. The van der Waals surface area contributed by atoms with Gasteiger partial charge in [-0.05, 0) is 42.9 Å². The van der Waals surface area contributed by atoms with Gasteiger partial charge in [0.15, 0.2) is 0 Å². The SMILES string of the molecule is CC1CCC(CNc2cc(Br)ccc2C#N)C1. The maximum atomic E-state index is 9.04. The van der Waals surface area contributed by atoms with Crippen molar-refractivity contribution in [1.29, 1.82) is 5.26 Å². The molecule has 2 nitrogen and oxygen atoms in total. The van der Waals surface area contributed by atoms with Crippen molar-refractivity contribution in [2.75, 3.05) is 11.9 Å². The molecule has 1 saturated carbocycles. The van der Waals surface area contributed by atoms with Crippen molar-refractivity contribution >= 4 is 21.6 Å². The lowest BCUT2D eigenvalue weighted by Crippen LogP contribution is -2.12. The molecule has 2 unspecified atom stereocenters. The van der Waals surface area contributed by atoms with Crippen LogP contribution in [0.25, 0.3) is 0 Å². The average Bonchev–Trinajstić information content (AvgIpc) is 2.73. The lowest BCUT2D eigenvalue weighted by atomic mass is 10.1. The Morgan fingerprint density at radius 1 is 1.47 bits per heavy atom. The summed E-state index contributed by atoms with van der Waals surface area (Å²) >= 11 is 3.44. The standard InChI is InChI=1S/C14H17BrN2/c1-10-2-3-11(6-10)9-17-14-7-13(15)5-4-12(14)8-16/h4-5,7,10-11,17H,2-3,6,9H2,1H3. The van der Waals surface area contributed by atoms with Gasteiger partial charge in [0, 0.05) is 11.0 Å². The third kappa shape index (κ3) is 3.23. The van der Waals surface area contributed by atoms with Crippen LogP contribution in [0.15, 0.2) is 22.7 Å². The maximum Gasteiger partial charge on any atom is 0.101 e. The molecule has 0 aromatic heterocycles. The molecule has 1 aromatic rings. The Kier molecular flexibility index (Phi) is 4.06. The van der Waals surface area contributed by atoms with Gasteiger partial charge in [-0.15, -0.1) is 0 Å². The molecule has 0 radical (unpaired) electrons. The van der Waals surface area contributed by atoms with Crippen molar-refractivity contribution in [1.82, 2.24) is 0 Å². The molecule has 2 atom stereocenters. The highest BCUT2D eigenvalue weighted by atomic mass is 79.9. The molecule has 0 heterocycles. The minimum atomic E-state index is 0.722. The van der Waals surface area contributed by atoms with Gasteiger partial charge in [-0.2, -0.15) is 5.26 Å². The first kappa shape index (κ1) is 12.4. The molecular weight excluding hydrogens is 276 g/mol. The van der Waals surface area contributed by atoms with Crippen LogP contribution in [0, 0.1) is 23.2 Å². The molecule has 0 bridgehead atoms. The fourth-order valence-electron chi connectivity index (χ4n) is 2.52. The molecule has 0 amide bonds. The quantitative estimate of drug-likeness (QED) is 0.908. The predicted molar refractivity (Wildman–Crippen MR) is 73.9 cm³/mol. The van der Waals surface area contributed by atoms with E-state index in [0.29, 0.717) is 0 Å². The Balaban J connectivity index is 1.99. The lowest BCUT2D eigenvalue weighted by molar-refractivity contribution is 0.537. The number of rotatable bonds is 3. The summed E-state index contributed by atoms with van der Waals surface area (Å²) in [6.07, 6.45) is 3.96. The van der Waals surface area contributed by atoms with E-state index in [1.54, 1.807) is 0 Å². The van der Waals surface area contributed by atoms with Crippen LogP contribution >= 0.6 is 15.9 Å². The highest BCUT2D eigenvalue weighted by Crippen LogP contribution is 2.31. The molecule has 0 spiro atoms. The summed E-state index contributed by atoms with van der Waals surface area (Å²) in [5.74, 6) is 1.62. The van der Waals surface area contributed by atoms with E-state index in [-0.39, 0.29) is 0 Å². The summed E-state index contributed by atoms with van der Waals surface area (Å²) in [7, 11) is 0. The third-order valence-corrected chi connectivity index (χ3v) is 3.98. The van der Waals surface area contributed by atoms with Crippen molar-refractivity contribution in [3.63, 3.8) is 0 Å². The summed E-state index contributed by atoms with van der Waals surface area (Å²) in [4.78, 5) is 0. The zero-order valence-electron chi connectivity index (χ0n) is 10.0. The van der Waals surface area contributed by atoms with Gasteiger partial charge in [0.25, 0.3) is 0 Å². The first-order valence-electron chi connectivity index (χ1n) is 6.12. The van der Waals surface area contributed by atoms with Crippen LogP contribution in [0.2, 0.25) is 0 Å². The molecule has 1 aliphatic rings. The van der Waals surface area contributed by atoms with Crippen LogP contribution in [0.5, 0.6) is 0 Å². The number of nitrogens with zero attached hydrogens (tertiary/aromatic N) is 1.